The Kier molecular flexibility index (Phi) is 4.84. The van der Waals surface area contributed by atoms with Crippen molar-refractivity contribution in [2.45, 2.75) is 6.42 Å². The van der Waals surface area contributed by atoms with Crippen LogP contribution in [0, 0.1) is 0 Å². The first-order valence-corrected chi connectivity index (χ1v) is 6.94. The van der Waals surface area contributed by atoms with E-state index in [1.807, 2.05) is 17.5 Å². The van der Waals surface area contributed by atoms with E-state index in [1.165, 1.54) is 18.1 Å². The zero-order valence-corrected chi connectivity index (χ0v) is 11.8. The fourth-order valence-electron chi connectivity index (χ4n) is 1.62. The Balaban J connectivity index is 1.93. The summed E-state index contributed by atoms with van der Waals surface area (Å²) >= 11 is 1.65. The molecule has 6 heteroatoms. The molecule has 0 bridgehead atoms. The van der Waals surface area contributed by atoms with Gasteiger partial charge in [0.05, 0.1) is 7.11 Å². The molecule has 0 aliphatic heterocycles. The lowest BCUT2D eigenvalue weighted by molar-refractivity contribution is 0.0594. The van der Waals surface area contributed by atoms with Crippen LogP contribution in [0.25, 0.3) is 0 Å². The van der Waals surface area contributed by atoms with Crippen LogP contribution in [0.5, 0.6) is 0 Å². The van der Waals surface area contributed by atoms with Crippen molar-refractivity contribution >= 4 is 23.2 Å². The third kappa shape index (κ3) is 3.64. The lowest BCUT2D eigenvalue weighted by Gasteiger charge is -2.05. The second-order valence-corrected chi connectivity index (χ2v) is 5.02. The minimum Gasteiger partial charge on any atom is -0.464 e. The quantitative estimate of drug-likeness (QED) is 0.854. The first-order valence-electron chi connectivity index (χ1n) is 6.06. The lowest BCUT2D eigenvalue weighted by Crippen LogP contribution is -2.26. The SMILES string of the molecule is COC(=O)c1cccc(C(=O)NCCc2cccs2)n1. The molecule has 0 saturated carbocycles. The van der Waals surface area contributed by atoms with E-state index in [2.05, 4.69) is 15.0 Å². The summed E-state index contributed by atoms with van der Waals surface area (Å²) in [5, 5.41) is 4.77. The number of carbonyl (C=O) groups is 2. The first kappa shape index (κ1) is 14.2. The number of rotatable bonds is 5. The van der Waals surface area contributed by atoms with Gasteiger partial charge in [-0.05, 0) is 30.0 Å². The summed E-state index contributed by atoms with van der Waals surface area (Å²) in [6.07, 6.45) is 0.778. The van der Waals surface area contributed by atoms with E-state index in [9.17, 15) is 9.59 Å². The van der Waals surface area contributed by atoms with Crippen LogP contribution in [0.2, 0.25) is 0 Å². The summed E-state index contributed by atoms with van der Waals surface area (Å²) < 4.78 is 4.57. The molecule has 20 heavy (non-hydrogen) atoms. The van der Waals surface area contributed by atoms with Gasteiger partial charge in [0.25, 0.3) is 5.91 Å². The highest BCUT2D eigenvalue weighted by Crippen LogP contribution is 2.08. The number of aromatic nitrogens is 1. The van der Waals surface area contributed by atoms with Crippen molar-refractivity contribution in [1.82, 2.24) is 10.3 Å². The van der Waals surface area contributed by atoms with Gasteiger partial charge in [-0.3, -0.25) is 4.79 Å². The summed E-state index contributed by atoms with van der Waals surface area (Å²) in [6, 6.07) is 8.67. The van der Waals surface area contributed by atoms with E-state index in [0.717, 1.165) is 6.42 Å². The van der Waals surface area contributed by atoms with Crippen LogP contribution in [0.4, 0.5) is 0 Å². The van der Waals surface area contributed by atoms with Crippen molar-refractivity contribution in [1.29, 1.82) is 0 Å². The highest BCUT2D eigenvalue weighted by Gasteiger charge is 2.12. The number of hydrogen-bond acceptors (Lipinski definition) is 5. The monoisotopic (exact) mass is 290 g/mol. The molecular weight excluding hydrogens is 276 g/mol. The van der Waals surface area contributed by atoms with Crippen LogP contribution in [0.1, 0.15) is 25.9 Å². The molecule has 0 unspecified atom stereocenters. The Bertz CT molecular complexity index is 596. The molecule has 2 aromatic rings. The maximum atomic E-state index is 11.9. The molecule has 0 saturated heterocycles. The van der Waals surface area contributed by atoms with Gasteiger partial charge in [-0.2, -0.15) is 0 Å². The minimum absolute atomic E-state index is 0.124. The van der Waals surface area contributed by atoms with Gasteiger partial charge in [0.15, 0.2) is 0 Å². The first-order chi connectivity index (χ1) is 9.70. The lowest BCUT2D eigenvalue weighted by atomic mass is 10.2. The maximum absolute atomic E-state index is 11.9. The van der Waals surface area contributed by atoms with E-state index in [0.29, 0.717) is 6.54 Å². The Hall–Kier alpha value is -2.21. The number of nitrogens with one attached hydrogen (secondary N) is 1. The predicted octanol–water partition coefficient (Wildman–Crippen LogP) is 1.90. The van der Waals surface area contributed by atoms with E-state index in [1.54, 1.807) is 23.5 Å². The number of nitrogens with zero attached hydrogens (tertiary/aromatic N) is 1. The van der Waals surface area contributed by atoms with Gasteiger partial charge in [-0.1, -0.05) is 12.1 Å². The second-order valence-electron chi connectivity index (χ2n) is 3.98. The number of ether oxygens (including phenoxy) is 1. The number of hydrogen-bond donors (Lipinski definition) is 1. The Morgan fingerprint density at radius 1 is 1.25 bits per heavy atom. The molecule has 0 fully saturated rings. The van der Waals surface area contributed by atoms with Gasteiger partial charge in [-0.25, -0.2) is 9.78 Å². The molecule has 2 aromatic heterocycles. The molecule has 1 amide bonds. The van der Waals surface area contributed by atoms with E-state index in [4.69, 9.17) is 0 Å². The number of pyridine rings is 1. The average Bonchev–Trinajstić information content (AvgIpc) is 2.99. The Morgan fingerprint density at radius 3 is 2.75 bits per heavy atom. The molecule has 2 rings (SSSR count). The van der Waals surface area contributed by atoms with Gasteiger partial charge in [0.1, 0.15) is 11.4 Å². The molecule has 104 valence electrons. The van der Waals surface area contributed by atoms with Crippen molar-refractivity contribution in [2.75, 3.05) is 13.7 Å². The topological polar surface area (TPSA) is 68.3 Å². The second kappa shape index (κ2) is 6.81. The van der Waals surface area contributed by atoms with Crippen molar-refractivity contribution in [3.05, 3.63) is 52.0 Å². The number of amides is 1. The third-order valence-electron chi connectivity index (χ3n) is 2.61. The number of methoxy groups -OCH3 is 1. The fraction of sp³-hybridized carbons (Fsp3) is 0.214. The standard InChI is InChI=1S/C14H14N2O3S/c1-19-14(18)12-6-2-5-11(16-12)13(17)15-8-7-10-4-3-9-20-10/h2-6,9H,7-8H2,1H3,(H,15,17). The predicted molar refractivity (Wildman–Crippen MR) is 75.9 cm³/mol. The zero-order valence-electron chi connectivity index (χ0n) is 11.0. The zero-order chi connectivity index (χ0) is 14.4. The number of carbonyl (C=O) groups excluding carboxylic acids is 2. The van der Waals surface area contributed by atoms with Crippen LogP contribution in [0.3, 0.4) is 0 Å². The average molecular weight is 290 g/mol. The van der Waals surface area contributed by atoms with E-state index >= 15 is 0 Å². The summed E-state index contributed by atoms with van der Waals surface area (Å²) in [7, 11) is 1.28. The largest absolute Gasteiger partial charge is 0.464 e. The van der Waals surface area contributed by atoms with Crippen LogP contribution in [-0.2, 0) is 11.2 Å². The van der Waals surface area contributed by atoms with E-state index < -0.39 is 5.97 Å². The number of esters is 1. The molecule has 0 radical (unpaired) electrons. The summed E-state index contributed by atoms with van der Waals surface area (Å²) in [5.41, 5.74) is 0.331. The fourth-order valence-corrected chi connectivity index (χ4v) is 2.33. The molecule has 0 atom stereocenters. The summed E-state index contributed by atoms with van der Waals surface area (Å²) in [6.45, 7) is 0.531. The summed E-state index contributed by atoms with van der Waals surface area (Å²) in [4.78, 5) is 28.4. The maximum Gasteiger partial charge on any atom is 0.356 e. The van der Waals surface area contributed by atoms with Crippen molar-refractivity contribution in [2.24, 2.45) is 0 Å². The molecule has 2 heterocycles. The van der Waals surface area contributed by atoms with E-state index in [-0.39, 0.29) is 17.3 Å². The van der Waals surface area contributed by atoms with Crippen LogP contribution in [-0.4, -0.2) is 30.5 Å². The van der Waals surface area contributed by atoms with Crippen molar-refractivity contribution < 1.29 is 14.3 Å². The highest BCUT2D eigenvalue weighted by atomic mass is 32.1. The smallest absolute Gasteiger partial charge is 0.356 e. The van der Waals surface area contributed by atoms with Gasteiger partial charge >= 0.3 is 5.97 Å². The normalized spacial score (nSPS) is 10.1. The number of thiophene rings is 1. The molecule has 1 N–H and O–H groups in total. The molecular formula is C14H14N2O3S. The third-order valence-corrected chi connectivity index (χ3v) is 3.55. The minimum atomic E-state index is -0.557. The molecule has 0 aliphatic carbocycles. The molecule has 5 nitrogen and oxygen atoms in total. The Labute approximate surface area is 120 Å². The van der Waals surface area contributed by atoms with Crippen molar-refractivity contribution in [3.8, 4) is 0 Å². The van der Waals surface area contributed by atoms with Gasteiger partial charge in [-0.15, -0.1) is 11.3 Å². The molecule has 0 aromatic carbocycles. The van der Waals surface area contributed by atoms with Gasteiger partial charge < -0.3 is 10.1 Å². The van der Waals surface area contributed by atoms with Crippen LogP contribution < -0.4 is 5.32 Å². The van der Waals surface area contributed by atoms with Crippen LogP contribution >= 0.6 is 11.3 Å². The highest BCUT2D eigenvalue weighted by molar-refractivity contribution is 7.09. The van der Waals surface area contributed by atoms with Crippen molar-refractivity contribution in [3.63, 3.8) is 0 Å². The van der Waals surface area contributed by atoms with Crippen LogP contribution in [0.15, 0.2) is 35.7 Å². The van der Waals surface area contributed by atoms with Gasteiger partial charge in [0.2, 0.25) is 0 Å². The summed E-state index contributed by atoms with van der Waals surface area (Å²) in [5.74, 6) is -0.856. The Morgan fingerprint density at radius 2 is 2.05 bits per heavy atom. The molecule has 0 spiro atoms. The van der Waals surface area contributed by atoms with Gasteiger partial charge in [0, 0.05) is 11.4 Å². The molecule has 0 aliphatic rings.